The molecule has 1 saturated carbocycles. The molecule has 0 bridgehead atoms. The van der Waals surface area contributed by atoms with Crippen molar-refractivity contribution in [1.82, 2.24) is 4.90 Å². The minimum atomic E-state index is -1.25. The highest BCUT2D eigenvalue weighted by Crippen LogP contribution is 2.64. The minimum Gasteiger partial charge on any atom is -0.508 e. The molecule has 0 radical (unpaired) electrons. The van der Waals surface area contributed by atoms with E-state index in [9.17, 15) is 29.1 Å². The molecule has 5 amide bonds. The summed E-state index contributed by atoms with van der Waals surface area (Å²) >= 11 is 6.64. The molecule has 9 nitrogen and oxygen atoms in total. The second kappa shape index (κ2) is 8.77. The van der Waals surface area contributed by atoms with E-state index >= 15 is 0 Å². The van der Waals surface area contributed by atoms with Crippen molar-refractivity contribution in [2.75, 3.05) is 12.0 Å². The van der Waals surface area contributed by atoms with Gasteiger partial charge in [-0.05, 0) is 55.5 Å². The molecular formula is C29H25ClN2O7. The van der Waals surface area contributed by atoms with Gasteiger partial charge in [0.2, 0.25) is 23.6 Å². The zero-order chi connectivity index (χ0) is 27.8. The zero-order valence-corrected chi connectivity index (χ0v) is 21.9. The normalized spacial score (nSPS) is 31.6. The first-order valence-electron chi connectivity index (χ1n) is 12.7. The molecule has 200 valence electrons. The molecule has 0 aromatic heterocycles. The highest BCUT2D eigenvalue weighted by molar-refractivity contribution is 6.32. The number of phenolic OH excluding ortho intramolecular Hbond substituents is 1. The van der Waals surface area contributed by atoms with Gasteiger partial charge in [-0.3, -0.25) is 19.2 Å². The van der Waals surface area contributed by atoms with E-state index in [1.807, 2.05) is 6.08 Å². The number of aromatic hydroxyl groups is 1. The third-order valence-corrected chi connectivity index (χ3v) is 9.27. The number of ether oxygens (including phenoxy) is 1. The van der Waals surface area contributed by atoms with Crippen molar-refractivity contribution in [2.45, 2.75) is 25.7 Å². The fourth-order valence-electron chi connectivity index (χ4n) is 7.20. The Bertz CT molecular complexity index is 1490. The Morgan fingerprint density at radius 1 is 1.03 bits per heavy atom. The molecule has 1 N–H and O–H groups in total. The fourth-order valence-corrected chi connectivity index (χ4v) is 7.49. The second-order valence-corrected chi connectivity index (χ2v) is 11.1. The lowest BCUT2D eigenvalue weighted by molar-refractivity contribution is -0.138. The SMILES string of the molecule is COC(=O)N1C(=O)C2CC=C3C(CC4C(=O)N(c5ccccc5)C(=O)C4(C)C3c3ccc(O)cc3Cl)C2C1=O. The Kier molecular flexibility index (Phi) is 5.69. The van der Waals surface area contributed by atoms with Crippen molar-refractivity contribution >= 4 is 47.0 Å². The summed E-state index contributed by atoms with van der Waals surface area (Å²) in [6.07, 6.45) is 1.15. The monoisotopic (exact) mass is 548 g/mol. The second-order valence-electron chi connectivity index (χ2n) is 10.7. The van der Waals surface area contributed by atoms with Crippen LogP contribution in [0.1, 0.15) is 31.2 Å². The van der Waals surface area contributed by atoms with Gasteiger partial charge in [0.15, 0.2) is 0 Å². The first-order valence-corrected chi connectivity index (χ1v) is 13.1. The van der Waals surface area contributed by atoms with Crippen LogP contribution in [-0.4, -0.2) is 46.8 Å². The van der Waals surface area contributed by atoms with E-state index in [2.05, 4.69) is 0 Å². The molecule has 2 saturated heterocycles. The average Bonchev–Trinajstić information content (AvgIpc) is 3.29. The summed E-state index contributed by atoms with van der Waals surface area (Å²) in [5, 5.41) is 10.3. The molecular weight excluding hydrogens is 524 g/mol. The van der Waals surface area contributed by atoms with Gasteiger partial charge in [-0.1, -0.05) is 47.5 Å². The molecule has 2 aromatic carbocycles. The zero-order valence-electron chi connectivity index (χ0n) is 21.2. The summed E-state index contributed by atoms with van der Waals surface area (Å²) in [5.41, 5.74) is 0.453. The summed E-state index contributed by atoms with van der Waals surface area (Å²) < 4.78 is 4.70. The van der Waals surface area contributed by atoms with E-state index in [0.717, 1.165) is 12.7 Å². The molecule has 6 rings (SSSR count). The van der Waals surface area contributed by atoms with E-state index in [0.29, 0.717) is 16.2 Å². The minimum absolute atomic E-state index is 0.0551. The molecule has 4 aliphatic rings. The Morgan fingerprint density at radius 3 is 2.41 bits per heavy atom. The van der Waals surface area contributed by atoms with E-state index < -0.39 is 58.8 Å². The van der Waals surface area contributed by atoms with Crippen LogP contribution in [0.5, 0.6) is 5.75 Å². The lowest BCUT2D eigenvalue weighted by atomic mass is 9.51. The number of phenols is 1. The van der Waals surface area contributed by atoms with E-state index in [4.69, 9.17) is 16.3 Å². The molecule has 0 spiro atoms. The number of nitrogens with zero attached hydrogens (tertiary/aromatic N) is 2. The number of anilines is 1. The number of rotatable bonds is 2. The van der Waals surface area contributed by atoms with Crippen LogP contribution in [0.3, 0.4) is 0 Å². The number of amides is 5. The van der Waals surface area contributed by atoms with Crippen LogP contribution in [0.25, 0.3) is 0 Å². The highest BCUT2D eigenvalue weighted by atomic mass is 35.5. The largest absolute Gasteiger partial charge is 0.508 e. The smallest absolute Gasteiger partial charge is 0.423 e. The van der Waals surface area contributed by atoms with Gasteiger partial charge >= 0.3 is 6.09 Å². The Hall–Kier alpha value is -3.98. The average molecular weight is 549 g/mol. The maximum Gasteiger partial charge on any atom is 0.423 e. The molecule has 39 heavy (non-hydrogen) atoms. The number of hydrogen-bond acceptors (Lipinski definition) is 7. The molecule has 3 fully saturated rings. The van der Waals surface area contributed by atoms with Crippen LogP contribution < -0.4 is 4.90 Å². The van der Waals surface area contributed by atoms with Gasteiger partial charge in [0.1, 0.15) is 5.75 Å². The predicted molar refractivity (Wildman–Crippen MR) is 138 cm³/mol. The number of carbonyl (C=O) groups excluding carboxylic acids is 5. The van der Waals surface area contributed by atoms with Crippen LogP contribution in [0.4, 0.5) is 10.5 Å². The summed E-state index contributed by atoms with van der Waals surface area (Å²) in [7, 11) is 1.10. The number of para-hydroxylation sites is 1. The molecule has 10 heteroatoms. The Morgan fingerprint density at radius 2 is 1.74 bits per heavy atom. The number of likely N-dealkylation sites (tertiary alicyclic amines) is 1. The van der Waals surface area contributed by atoms with Crippen molar-refractivity contribution in [3.63, 3.8) is 0 Å². The number of carbonyl (C=O) groups is 5. The Balaban J connectivity index is 1.53. The molecule has 2 aliphatic heterocycles. The van der Waals surface area contributed by atoms with Gasteiger partial charge in [0.05, 0.1) is 36.0 Å². The summed E-state index contributed by atoms with van der Waals surface area (Å²) in [6.45, 7) is 1.75. The molecule has 2 aromatic rings. The quantitative estimate of drug-likeness (QED) is 0.444. The summed E-state index contributed by atoms with van der Waals surface area (Å²) in [6, 6.07) is 13.1. The lowest BCUT2D eigenvalue weighted by Crippen LogP contribution is -2.49. The van der Waals surface area contributed by atoms with Gasteiger partial charge < -0.3 is 9.84 Å². The van der Waals surface area contributed by atoms with Gasteiger partial charge in [0.25, 0.3) is 0 Å². The summed E-state index contributed by atoms with van der Waals surface area (Å²) in [5.74, 6) is -5.90. The maximum absolute atomic E-state index is 14.2. The number of benzene rings is 2. The van der Waals surface area contributed by atoms with Crippen LogP contribution in [0, 0.1) is 29.1 Å². The Labute approximate surface area is 229 Å². The topological polar surface area (TPSA) is 121 Å². The van der Waals surface area contributed by atoms with Crippen LogP contribution in [0.15, 0.2) is 60.2 Å². The van der Waals surface area contributed by atoms with Gasteiger partial charge in [-0.2, -0.15) is 4.90 Å². The van der Waals surface area contributed by atoms with E-state index in [-0.39, 0.29) is 29.5 Å². The fraction of sp³-hybridized carbons (Fsp3) is 0.345. The first kappa shape index (κ1) is 25.3. The molecule has 2 aliphatic carbocycles. The van der Waals surface area contributed by atoms with Gasteiger partial charge in [-0.25, -0.2) is 9.69 Å². The number of fused-ring (bicyclic) bond motifs is 4. The molecule has 2 heterocycles. The predicted octanol–water partition coefficient (Wildman–Crippen LogP) is 4.04. The number of allylic oxidation sites excluding steroid dienone is 2. The number of methoxy groups -OCH3 is 1. The van der Waals surface area contributed by atoms with Crippen LogP contribution in [0.2, 0.25) is 5.02 Å². The number of halogens is 1. The van der Waals surface area contributed by atoms with Crippen molar-refractivity contribution in [2.24, 2.45) is 29.1 Å². The number of imide groups is 4. The van der Waals surface area contributed by atoms with Gasteiger partial charge in [0, 0.05) is 10.9 Å². The molecule has 6 unspecified atom stereocenters. The standard InChI is InChI=1S/C29H25ClN2O7/c1-29-20(25(35)31(27(29)37)14-6-4-3-5-7-14)13-19-16(23(29)17-9-8-15(33)12-21(17)30)10-11-18-22(19)26(36)32(24(18)34)28(38)39-2/h3-10,12,18-20,22-23,33H,11,13H2,1-2H3. The van der Waals surface area contributed by atoms with Crippen LogP contribution in [-0.2, 0) is 23.9 Å². The first-order chi connectivity index (χ1) is 18.6. The van der Waals surface area contributed by atoms with Crippen molar-refractivity contribution < 1.29 is 33.8 Å². The maximum atomic E-state index is 14.2. The van der Waals surface area contributed by atoms with Crippen LogP contribution >= 0.6 is 11.6 Å². The summed E-state index contributed by atoms with van der Waals surface area (Å²) in [4.78, 5) is 68.9. The van der Waals surface area contributed by atoms with Crippen molar-refractivity contribution in [3.8, 4) is 5.75 Å². The van der Waals surface area contributed by atoms with Crippen molar-refractivity contribution in [1.29, 1.82) is 0 Å². The van der Waals surface area contributed by atoms with E-state index in [1.54, 1.807) is 43.3 Å². The van der Waals surface area contributed by atoms with Gasteiger partial charge in [-0.15, -0.1) is 0 Å². The lowest BCUT2D eigenvalue weighted by Gasteiger charge is -2.49. The van der Waals surface area contributed by atoms with Crippen molar-refractivity contribution in [3.05, 3.63) is 70.8 Å². The molecule has 6 atom stereocenters. The van der Waals surface area contributed by atoms with E-state index in [1.165, 1.54) is 17.0 Å². The number of hydrogen-bond donors (Lipinski definition) is 1. The highest BCUT2D eigenvalue weighted by Gasteiger charge is 2.68. The third kappa shape index (κ3) is 3.35. The third-order valence-electron chi connectivity index (χ3n) is 8.94.